The summed E-state index contributed by atoms with van der Waals surface area (Å²) >= 11 is 11.5. The van der Waals surface area contributed by atoms with E-state index in [1.807, 2.05) is 0 Å². The van der Waals surface area contributed by atoms with Crippen molar-refractivity contribution in [3.63, 3.8) is 0 Å². The summed E-state index contributed by atoms with van der Waals surface area (Å²) in [4.78, 5) is 14.1. The highest BCUT2D eigenvalue weighted by atomic mass is 35.5. The summed E-state index contributed by atoms with van der Waals surface area (Å²) in [5.41, 5.74) is 0.273. The van der Waals surface area contributed by atoms with Crippen LogP contribution in [0, 0.1) is 10.1 Å². The molecule has 0 spiro atoms. The van der Waals surface area contributed by atoms with E-state index in [1.54, 1.807) is 18.2 Å². The molecular weight excluding hydrogens is 253 g/mol. The van der Waals surface area contributed by atoms with Gasteiger partial charge in [0.05, 0.1) is 4.92 Å². The minimum atomic E-state index is -0.487. The predicted molar refractivity (Wildman–Crippen MR) is 60.2 cm³/mol. The minimum Gasteiger partial charge on any atom is -0.282 e. The number of imidazole rings is 1. The summed E-state index contributed by atoms with van der Waals surface area (Å²) in [6, 6.07) is 6.21. The first kappa shape index (κ1) is 10.9. The van der Waals surface area contributed by atoms with Crippen molar-refractivity contribution in [1.82, 2.24) is 9.55 Å². The van der Waals surface area contributed by atoms with Gasteiger partial charge in [-0.1, -0.05) is 35.3 Å². The lowest BCUT2D eigenvalue weighted by molar-refractivity contribution is -0.384. The SMILES string of the molecule is O=[N+]([O-])c1ccccc1-n1cnc(Cl)c1Cl. The number of aromatic nitrogens is 2. The fraction of sp³-hybridized carbons (Fsp3) is 0. The van der Waals surface area contributed by atoms with E-state index in [1.165, 1.54) is 17.0 Å². The maximum absolute atomic E-state index is 10.8. The summed E-state index contributed by atoms with van der Waals surface area (Å²) in [5, 5.41) is 11.1. The number of rotatable bonds is 2. The molecule has 0 N–H and O–H groups in total. The number of nitro benzene ring substituents is 1. The van der Waals surface area contributed by atoms with E-state index < -0.39 is 4.92 Å². The third kappa shape index (κ3) is 1.75. The molecule has 1 aromatic carbocycles. The number of benzene rings is 1. The van der Waals surface area contributed by atoms with E-state index in [-0.39, 0.29) is 16.0 Å². The molecule has 0 bridgehead atoms. The van der Waals surface area contributed by atoms with Crippen LogP contribution in [0.1, 0.15) is 0 Å². The highest BCUT2D eigenvalue weighted by Gasteiger charge is 2.17. The van der Waals surface area contributed by atoms with E-state index in [0.717, 1.165) is 0 Å². The molecule has 0 fully saturated rings. The summed E-state index contributed by atoms with van der Waals surface area (Å²) in [5.74, 6) is 0. The van der Waals surface area contributed by atoms with Gasteiger partial charge < -0.3 is 0 Å². The van der Waals surface area contributed by atoms with Crippen LogP contribution in [0.25, 0.3) is 5.69 Å². The van der Waals surface area contributed by atoms with Gasteiger partial charge >= 0.3 is 0 Å². The number of hydrogen-bond acceptors (Lipinski definition) is 3. The third-order valence-electron chi connectivity index (χ3n) is 2.01. The highest BCUT2D eigenvalue weighted by Crippen LogP contribution is 2.28. The maximum Gasteiger partial charge on any atom is 0.293 e. The lowest BCUT2D eigenvalue weighted by atomic mass is 10.2. The molecule has 0 aliphatic carbocycles. The Kier molecular flexibility index (Phi) is 2.80. The van der Waals surface area contributed by atoms with Crippen LogP contribution in [0.2, 0.25) is 10.3 Å². The Bertz CT molecular complexity index is 553. The molecule has 2 rings (SSSR count). The molecule has 0 atom stereocenters. The number of nitrogens with zero attached hydrogens (tertiary/aromatic N) is 3. The molecule has 0 aliphatic rings. The van der Waals surface area contributed by atoms with E-state index in [2.05, 4.69) is 4.98 Å². The zero-order valence-electron chi connectivity index (χ0n) is 7.80. The van der Waals surface area contributed by atoms with E-state index >= 15 is 0 Å². The second kappa shape index (κ2) is 4.11. The van der Waals surface area contributed by atoms with Crippen LogP contribution in [-0.2, 0) is 0 Å². The van der Waals surface area contributed by atoms with Gasteiger partial charge in [-0.05, 0) is 6.07 Å². The van der Waals surface area contributed by atoms with Crippen LogP contribution < -0.4 is 0 Å². The lowest BCUT2D eigenvalue weighted by Gasteiger charge is -2.04. The Morgan fingerprint density at radius 2 is 2.00 bits per heavy atom. The third-order valence-corrected chi connectivity index (χ3v) is 2.74. The molecule has 2 aromatic rings. The number of para-hydroxylation sites is 2. The van der Waals surface area contributed by atoms with Crippen LogP contribution in [0.3, 0.4) is 0 Å². The Morgan fingerprint density at radius 1 is 1.31 bits per heavy atom. The number of nitro groups is 1. The molecule has 1 aromatic heterocycles. The molecule has 0 saturated carbocycles. The standard InChI is InChI=1S/C9H5Cl2N3O2/c10-8-9(11)13(5-12-8)6-3-1-2-4-7(6)14(15)16/h1-5H. The van der Waals surface area contributed by atoms with Gasteiger partial charge in [-0.3, -0.25) is 14.7 Å². The van der Waals surface area contributed by atoms with Gasteiger partial charge in [-0.2, -0.15) is 0 Å². The molecule has 82 valence electrons. The summed E-state index contributed by atoms with van der Waals surface area (Å²) in [7, 11) is 0. The fourth-order valence-corrected chi connectivity index (χ4v) is 1.62. The van der Waals surface area contributed by atoms with Gasteiger partial charge in [0.1, 0.15) is 12.0 Å². The topological polar surface area (TPSA) is 61.0 Å². The van der Waals surface area contributed by atoms with Crippen molar-refractivity contribution < 1.29 is 4.92 Å². The first-order chi connectivity index (χ1) is 7.61. The van der Waals surface area contributed by atoms with Crippen molar-refractivity contribution in [2.75, 3.05) is 0 Å². The quantitative estimate of drug-likeness (QED) is 0.614. The minimum absolute atomic E-state index is 0.0570. The van der Waals surface area contributed by atoms with E-state index in [9.17, 15) is 10.1 Å². The first-order valence-corrected chi connectivity index (χ1v) is 4.99. The van der Waals surface area contributed by atoms with Crippen LogP contribution in [0.4, 0.5) is 5.69 Å². The normalized spacial score (nSPS) is 10.4. The zero-order valence-corrected chi connectivity index (χ0v) is 9.31. The van der Waals surface area contributed by atoms with Crippen molar-refractivity contribution in [2.24, 2.45) is 0 Å². The number of halogens is 2. The molecule has 5 nitrogen and oxygen atoms in total. The van der Waals surface area contributed by atoms with Gasteiger partial charge in [-0.15, -0.1) is 0 Å². The van der Waals surface area contributed by atoms with Crippen LogP contribution in [0.15, 0.2) is 30.6 Å². The van der Waals surface area contributed by atoms with Gasteiger partial charge in [0.15, 0.2) is 10.3 Å². The molecule has 16 heavy (non-hydrogen) atoms. The van der Waals surface area contributed by atoms with E-state index in [4.69, 9.17) is 23.2 Å². The molecule has 0 saturated heterocycles. The summed E-state index contributed by atoms with van der Waals surface area (Å²) in [6.07, 6.45) is 1.34. The Hall–Kier alpha value is -1.59. The fourth-order valence-electron chi connectivity index (χ4n) is 1.30. The van der Waals surface area contributed by atoms with E-state index in [0.29, 0.717) is 5.69 Å². The Labute approximate surface area is 100 Å². The van der Waals surface area contributed by atoms with Crippen molar-refractivity contribution in [1.29, 1.82) is 0 Å². The average Bonchev–Trinajstić information content (AvgIpc) is 2.60. The summed E-state index contributed by atoms with van der Waals surface area (Å²) in [6.45, 7) is 0. The first-order valence-electron chi connectivity index (χ1n) is 4.23. The van der Waals surface area contributed by atoms with Gasteiger partial charge in [0, 0.05) is 6.07 Å². The molecule has 0 unspecified atom stereocenters. The lowest BCUT2D eigenvalue weighted by Crippen LogP contribution is -1.98. The van der Waals surface area contributed by atoms with Crippen molar-refractivity contribution in [3.8, 4) is 5.69 Å². The second-order valence-electron chi connectivity index (χ2n) is 2.94. The van der Waals surface area contributed by atoms with Gasteiger partial charge in [0.2, 0.25) is 0 Å². The molecule has 0 radical (unpaired) electrons. The maximum atomic E-state index is 10.8. The van der Waals surface area contributed by atoms with Crippen LogP contribution in [-0.4, -0.2) is 14.5 Å². The monoisotopic (exact) mass is 257 g/mol. The molecule has 7 heteroatoms. The second-order valence-corrected chi connectivity index (χ2v) is 3.66. The Morgan fingerprint density at radius 3 is 2.56 bits per heavy atom. The largest absolute Gasteiger partial charge is 0.293 e. The predicted octanol–water partition coefficient (Wildman–Crippen LogP) is 3.09. The van der Waals surface area contributed by atoms with Gasteiger partial charge in [0.25, 0.3) is 5.69 Å². The van der Waals surface area contributed by atoms with Crippen molar-refractivity contribution >= 4 is 28.9 Å². The molecule has 0 amide bonds. The number of hydrogen-bond donors (Lipinski definition) is 0. The zero-order chi connectivity index (χ0) is 11.7. The van der Waals surface area contributed by atoms with Crippen LogP contribution in [0.5, 0.6) is 0 Å². The van der Waals surface area contributed by atoms with Crippen LogP contribution >= 0.6 is 23.2 Å². The van der Waals surface area contributed by atoms with Gasteiger partial charge in [-0.25, -0.2) is 4.98 Å². The van der Waals surface area contributed by atoms with Crippen molar-refractivity contribution in [3.05, 3.63) is 51.0 Å². The molecule has 0 aliphatic heterocycles. The summed E-state index contributed by atoms with van der Waals surface area (Å²) < 4.78 is 1.36. The average molecular weight is 258 g/mol. The Balaban J connectivity index is 2.64. The molecular formula is C9H5Cl2N3O2. The highest BCUT2D eigenvalue weighted by molar-refractivity contribution is 6.40. The molecule has 1 heterocycles. The van der Waals surface area contributed by atoms with Crippen molar-refractivity contribution in [2.45, 2.75) is 0 Å². The smallest absolute Gasteiger partial charge is 0.282 e.